The number of nitrogens with zero attached hydrogens (tertiary/aromatic N) is 1. The van der Waals surface area contributed by atoms with Gasteiger partial charge in [-0.25, -0.2) is 13.2 Å². The fourth-order valence-corrected chi connectivity index (χ4v) is 6.17. The van der Waals surface area contributed by atoms with Gasteiger partial charge in [-0.05, 0) is 55.7 Å². The standard InChI is InChI=1S/C23H26N2O7S/c26-21(25(18-4-1-2-5-18)19-11-13-33(29,30)15-19)14-32-23(28)16-7-9-17(10-8-16)24-22(27)20-6-3-12-31-20/h3,6-10,12,18-19H,1-2,4-5,11,13-15H2,(H,24,27). The fraction of sp³-hybridized carbons (Fsp3) is 0.435. The Labute approximate surface area is 192 Å². The lowest BCUT2D eigenvalue weighted by Crippen LogP contribution is -2.48. The summed E-state index contributed by atoms with van der Waals surface area (Å²) in [6.45, 7) is -0.442. The quantitative estimate of drug-likeness (QED) is 0.612. The van der Waals surface area contributed by atoms with E-state index in [0.717, 1.165) is 25.7 Å². The molecule has 176 valence electrons. The minimum Gasteiger partial charge on any atom is -0.459 e. The molecule has 9 nitrogen and oxygen atoms in total. The minimum atomic E-state index is -3.14. The molecule has 2 amide bonds. The molecule has 1 saturated carbocycles. The Morgan fingerprint density at radius 1 is 1.03 bits per heavy atom. The van der Waals surface area contributed by atoms with Crippen LogP contribution in [-0.2, 0) is 19.4 Å². The number of sulfone groups is 1. The van der Waals surface area contributed by atoms with Crippen LogP contribution in [0.5, 0.6) is 0 Å². The maximum Gasteiger partial charge on any atom is 0.338 e. The second-order valence-corrected chi connectivity index (χ2v) is 10.6. The van der Waals surface area contributed by atoms with Crippen LogP contribution >= 0.6 is 0 Å². The number of amides is 2. The van der Waals surface area contributed by atoms with Crippen LogP contribution in [0.3, 0.4) is 0 Å². The monoisotopic (exact) mass is 474 g/mol. The second-order valence-electron chi connectivity index (χ2n) is 8.38. The number of nitrogens with one attached hydrogen (secondary N) is 1. The molecule has 0 spiro atoms. The van der Waals surface area contributed by atoms with Crippen molar-refractivity contribution >= 4 is 33.3 Å². The van der Waals surface area contributed by atoms with Crippen LogP contribution in [0, 0.1) is 0 Å². The molecule has 1 aromatic carbocycles. The van der Waals surface area contributed by atoms with Crippen LogP contribution in [0.15, 0.2) is 47.1 Å². The number of esters is 1. The Hall–Kier alpha value is -3.14. The Morgan fingerprint density at radius 3 is 2.36 bits per heavy atom. The Balaban J connectivity index is 1.34. The van der Waals surface area contributed by atoms with E-state index in [2.05, 4.69) is 5.32 Å². The SMILES string of the molecule is O=C(OCC(=O)N(C1CCCC1)C1CCS(=O)(=O)C1)c1ccc(NC(=O)c2ccco2)cc1. The molecule has 2 fully saturated rings. The maximum absolute atomic E-state index is 12.9. The molecule has 1 unspecified atom stereocenters. The van der Waals surface area contributed by atoms with Gasteiger partial charge in [-0.15, -0.1) is 0 Å². The highest BCUT2D eigenvalue weighted by atomic mass is 32.2. The number of ether oxygens (including phenoxy) is 1. The number of anilines is 1. The van der Waals surface area contributed by atoms with Gasteiger partial charge >= 0.3 is 5.97 Å². The Morgan fingerprint density at radius 2 is 1.76 bits per heavy atom. The molecule has 1 saturated heterocycles. The molecule has 0 bridgehead atoms. The molecule has 1 aliphatic carbocycles. The van der Waals surface area contributed by atoms with Gasteiger partial charge in [0.25, 0.3) is 11.8 Å². The van der Waals surface area contributed by atoms with E-state index >= 15 is 0 Å². The number of carbonyl (C=O) groups is 3. The molecular formula is C23H26N2O7S. The maximum atomic E-state index is 12.9. The lowest BCUT2D eigenvalue weighted by molar-refractivity contribution is -0.139. The van der Waals surface area contributed by atoms with Crippen molar-refractivity contribution in [3.63, 3.8) is 0 Å². The van der Waals surface area contributed by atoms with E-state index in [1.807, 2.05) is 0 Å². The summed E-state index contributed by atoms with van der Waals surface area (Å²) in [6, 6.07) is 8.85. The number of rotatable bonds is 7. The van der Waals surface area contributed by atoms with Crippen molar-refractivity contribution in [1.82, 2.24) is 4.90 Å². The van der Waals surface area contributed by atoms with Crippen molar-refractivity contribution in [1.29, 1.82) is 0 Å². The van der Waals surface area contributed by atoms with E-state index in [9.17, 15) is 22.8 Å². The summed E-state index contributed by atoms with van der Waals surface area (Å²) in [4.78, 5) is 39.1. The van der Waals surface area contributed by atoms with Gasteiger partial charge in [-0.2, -0.15) is 0 Å². The summed E-state index contributed by atoms with van der Waals surface area (Å²) in [5.74, 6) is -1.23. The highest BCUT2D eigenvalue weighted by molar-refractivity contribution is 7.91. The molecule has 1 aromatic heterocycles. The summed E-state index contributed by atoms with van der Waals surface area (Å²) in [5, 5.41) is 2.65. The van der Waals surface area contributed by atoms with E-state index in [4.69, 9.17) is 9.15 Å². The summed E-state index contributed by atoms with van der Waals surface area (Å²) >= 11 is 0. The molecule has 2 aromatic rings. The molecule has 1 N–H and O–H groups in total. The zero-order valence-electron chi connectivity index (χ0n) is 18.1. The van der Waals surface area contributed by atoms with Crippen LogP contribution in [0.25, 0.3) is 0 Å². The molecule has 33 heavy (non-hydrogen) atoms. The molecule has 0 radical (unpaired) electrons. The summed E-state index contributed by atoms with van der Waals surface area (Å²) in [7, 11) is -3.14. The lowest BCUT2D eigenvalue weighted by Gasteiger charge is -2.33. The number of hydrogen-bond acceptors (Lipinski definition) is 7. The summed E-state index contributed by atoms with van der Waals surface area (Å²) in [5.41, 5.74) is 0.702. The smallest absolute Gasteiger partial charge is 0.338 e. The van der Waals surface area contributed by atoms with Crippen molar-refractivity contribution in [2.75, 3.05) is 23.4 Å². The first-order chi connectivity index (χ1) is 15.8. The van der Waals surface area contributed by atoms with E-state index in [1.165, 1.54) is 24.5 Å². The van der Waals surface area contributed by atoms with Gasteiger partial charge in [0, 0.05) is 17.8 Å². The van der Waals surface area contributed by atoms with Crippen molar-refractivity contribution in [3.05, 3.63) is 54.0 Å². The molecule has 4 rings (SSSR count). The molecule has 1 aliphatic heterocycles. The normalized spacial score (nSPS) is 19.8. The van der Waals surface area contributed by atoms with Gasteiger partial charge < -0.3 is 19.4 Å². The van der Waals surface area contributed by atoms with E-state index < -0.39 is 28.3 Å². The molecule has 2 aliphatic rings. The fourth-order valence-electron chi connectivity index (χ4n) is 4.46. The third-order valence-electron chi connectivity index (χ3n) is 6.06. The summed E-state index contributed by atoms with van der Waals surface area (Å²) < 4.78 is 34.2. The highest BCUT2D eigenvalue weighted by Crippen LogP contribution is 2.29. The first kappa shape index (κ1) is 23.0. The number of carbonyl (C=O) groups excluding carboxylic acids is 3. The third kappa shape index (κ3) is 5.62. The minimum absolute atomic E-state index is 0.00782. The zero-order valence-corrected chi connectivity index (χ0v) is 18.9. The van der Waals surface area contributed by atoms with Gasteiger partial charge in [0.1, 0.15) is 0 Å². The topological polar surface area (TPSA) is 123 Å². The molecule has 10 heteroatoms. The molecule has 1 atom stereocenters. The second kappa shape index (κ2) is 9.78. The number of hydrogen-bond donors (Lipinski definition) is 1. The lowest BCUT2D eigenvalue weighted by atomic mass is 10.1. The van der Waals surface area contributed by atoms with Gasteiger partial charge in [-0.3, -0.25) is 9.59 Å². The summed E-state index contributed by atoms with van der Waals surface area (Å²) in [6.07, 6.45) is 5.48. The third-order valence-corrected chi connectivity index (χ3v) is 7.81. The predicted octanol–water partition coefficient (Wildman–Crippen LogP) is 2.65. The van der Waals surface area contributed by atoms with Gasteiger partial charge in [0.2, 0.25) is 0 Å². The average molecular weight is 475 g/mol. The van der Waals surface area contributed by atoms with Crippen molar-refractivity contribution < 1.29 is 32.0 Å². The van der Waals surface area contributed by atoms with E-state index in [1.54, 1.807) is 23.1 Å². The van der Waals surface area contributed by atoms with Crippen molar-refractivity contribution in [2.24, 2.45) is 0 Å². The number of furan rings is 1. The Bertz CT molecular complexity index is 1100. The van der Waals surface area contributed by atoms with Gasteiger partial charge in [-0.1, -0.05) is 12.8 Å². The van der Waals surface area contributed by atoms with Crippen molar-refractivity contribution in [3.8, 4) is 0 Å². The zero-order chi connectivity index (χ0) is 23.4. The highest BCUT2D eigenvalue weighted by Gasteiger charge is 2.39. The van der Waals surface area contributed by atoms with Crippen LogP contribution in [0.2, 0.25) is 0 Å². The first-order valence-electron chi connectivity index (χ1n) is 11.0. The van der Waals surface area contributed by atoms with Crippen LogP contribution in [0.1, 0.15) is 53.0 Å². The van der Waals surface area contributed by atoms with E-state index in [-0.39, 0.29) is 40.8 Å². The van der Waals surface area contributed by atoms with Crippen LogP contribution in [-0.4, -0.2) is 61.3 Å². The van der Waals surface area contributed by atoms with Gasteiger partial charge in [0.15, 0.2) is 22.2 Å². The molecule has 2 heterocycles. The number of benzene rings is 1. The predicted molar refractivity (Wildman–Crippen MR) is 120 cm³/mol. The Kier molecular flexibility index (Phi) is 6.83. The van der Waals surface area contributed by atoms with Crippen LogP contribution in [0.4, 0.5) is 5.69 Å². The average Bonchev–Trinajstić information content (AvgIpc) is 3.56. The largest absolute Gasteiger partial charge is 0.459 e. The first-order valence-corrected chi connectivity index (χ1v) is 12.8. The van der Waals surface area contributed by atoms with Gasteiger partial charge in [0.05, 0.1) is 23.3 Å². The van der Waals surface area contributed by atoms with Crippen LogP contribution < -0.4 is 5.32 Å². The van der Waals surface area contributed by atoms with Crippen molar-refractivity contribution in [2.45, 2.75) is 44.2 Å². The van der Waals surface area contributed by atoms with E-state index in [0.29, 0.717) is 12.1 Å². The molecular weight excluding hydrogens is 448 g/mol.